The molecule has 3 heteroatoms. The monoisotopic (exact) mass is 252 g/mol. The van der Waals surface area contributed by atoms with Crippen molar-refractivity contribution in [1.29, 1.82) is 0 Å². The SMILES string of the molecule is CC1(c2cc3cccc(F)c3o2)CCC(Cl)C1. The fraction of sp³-hybridized carbons (Fsp3) is 0.429. The Balaban J connectivity index is 2.10. The predicted octanol–water partition coefficient (Wildman–Crippen LogP) is 4.62. The van der Waals surface area contributed by atoms with Crippen molar-refractivity contribution in [2.45, 2.75) is 37.0 Å². The van der Waals surface area contributed by atoms with E-state index in [-0.39, 0.29) is 16.6 Å². The number of para-hydroxylation sites is 1. The minimum atomic E-state index is -0.294. The summed E-state index contributed by atoms with van der Waals surface area (Å²) in [6, 6.07) is 6.96. The molecule has 3 rings (SSSR count). The molecule has 1 aliphatic rings. The number of benzene rings is 1. The molecule has 1 nitrogen and oxygen atoms in total. The molecule has 1 aliphatic carbocycles. The topological polar surface area (TPSA) is 13.1 Å². The van der Waals surface area contributed by atoms with Gasteiger partial charge in [0.05, 0.1) is 0 Å². The standard InChI is InChI=1S/C14H14ClFO/c1-14(6-5-10(15)8-14)12-7-9-3-2-4-11(16)13(9)17-12/h2-4,7,10H,5-6,8H2,1H3. The van der Waals surface area contributed by atoms with Crippen LogP contribution in [0.5, 0.6) is 0 Å². The summed E-state index contributed by atoms with van der Waals surface area (Å²) >= 11 is 6.16. The minimum absolute atomic E-state index is 0.0438. The molecule has 1 heterocycles. The van der Waals surface area contributed by atoms with Crippen LogP contribution in [0.2, 0.25) is 0 Å². The lowest BCUT2D eigenvalue weighted by atomic mass is 9.86. The molecule has 2 unspecified atom stereocenters. The van der Waals surface area contributed by atoms with Crippen molar-refractivity contribution in [3.8, 4) is 0 Å². The molecule has 0 N–H and O–H groups in total. The summed E-state index contributed by atoms with van der Waals surface area (Å²) < 4.78 is 19.3. The highest BCUT2D eigenvalue weighted by Gasteiger charge is 2.38. The highest BCUT2D eigenvalue weighted by molar-refractivity contribution is 6.20. The number of halogens is 2. The Morgan fingerprint density at radius 2 is 2.29 bits per heavy atom. The Morgan fingerprint density at radius 3 is 2.94 bits per heavy atom. The average molecular weight is 253 g/mol. The third kappa shape index (κ3) is 1.75. The summed E-state index contributed by atoms with van der Waals surface area (Å²) in [5.41, 5.74) is 0.319. The molecule has 0 aliphatic heterocycles. The van der Waals surface area contributed by atoms with Crippen LogP contribution in [0, 0.1) is 5.82 Å². The molecule has 1 fully saturated rings. The Bertz CT molecular complexity index is 562. The van der Waals surface area contributed by atoms with Crippen LogP contribution in [0.25, 0.3) is 11.0 Å². The van der Waals surface area contributed by atoms with Crippen LogP contribution in [-0.4, -0.2) is 5.38 Å². The van der Waals surface area contributed by atoms with Crippen LogP contribution < -0.4 is 0 Å². The van der Waals surface area contributed by atoms with E-state index in [0.717, 1.165) is 30.4 Å². The molecule has 0 amide bonds. The second kappa shape index (κ2) is 3.74. The molecule has 2 atom stereocenters. The van der Waals surface area contributed by atoms with Gasteiger partial charge in [0.25, 0.3) is 0 Å². The third-order valence-electron chi connectivity index (χ3n) is 3.77. The van der Waals surface area contributed by atoms with Crippen LogP contribution >= 0.6 is 11.6 Å². The molecule has 1 aromatic heterocycles. The largest absolute Gasteiger partial charge is 0.457 e. The first kappa shape index (κ1) is 11.1. The molecule has 0 radical (unpaired) electrons. The van der Waals surface area contributed by atoms with Gasteiger partial charge in [0.1, 0.15) is 5.76 Å². The molecule has 1 saturated carbocycles. The van der Waals surface area contributed by atoms with Crippen molar-refractivity contribution < 1.29 is 8.81 Å². The van der Waals surface area contributed by atoms with Gasteiger partial charge in [0, 0.05) is 16.2 Å². The Morgan fingerprint density at radius 1 is 1.47 bits per heavy atom. The zero-order chi connectivity index (χ0) is 12.0. The van der Waals surface area contributed by atoms with Crippen LogP contribution in [0.15, 0.2) is 28.7 Å². The van der Waals surface area contributed by atoms with Gasteiger partial charge in [-0.25, -0.2) is 4.39 Å². The maximum absolute atomic E-state index is 13.6. The average Bonchev–Trinajstić information content (AvgIpc) is 2.85. The first-order chi connectivity index (χ1) is 8.08. The summed E-state index contributed by atoms with van der Waals surface area (Å²) in [5.74, 6) is 0.568. The van der Waals surface area contributed by atoms with E-state index >= 15 is 0 Å². The van der Waals surface area contributed by atoms with Gasteiger partial charge in [-0.1, -0.05) is 19.1 Å². The van der Waals surface area contributed by atoms with E-state index in [0.29, 0.717) is 5.58 Å². The molecule has 0 spiro atoms. The normalized spacial score (nSPS) is 29.0. The van der Waals surface area contributed by atoms with Gasteiger partial charge in [-0.05, 0) is 31.4 Å². The van der Waals surface area contributed by atoms with Crippen LogP contribution in [-0.2, 0) is 5.41 Å². The maximum Gasteiger partial charge on any atom is 0.169 e. The summed E-state index contributed by atoms with van der Waals surface area (Å²) in [7, 11) is 0. The highest BCUT2D eigenvalue weighted by Crippen LogP contribution is 2.44. The van der Waals surface area contributed by atoms with E-state index < -0.39 is 0 Å². The first-order valence-corrected chi connectivity index (χ1v) is 6.35. The van der Waals surface area contributed by atoms with E-state index in [1.165, 1.54) is 6.07 Å². The Kier molecular flexibility index (Phi) is 2.44. The van der Waals surface area contributed by atoms with Crippen LogP contribution in [0.3, 0.4) is 0 Å². The summed E-state index contributed by atoms with van der Waals surface area (Å²) in [4.78, 5) is 0. The Labute approximate surface area is 105 Å². The van der Waals surface area contributed by atoms with Crippen molar-refractivity contribution >= 4 is 22.6 Å². The molecule has 0 saturated heterocycles. The van der Waals surface area contributed by atoms with Gasteiger partial charge >= 0.3 is 0 Å². The summed E-state index contributed by atoms with van der Waals surface area (Å²) in [6.45, 7) is 2.14. The van der Waals surface area contributed by atoms with Crippen molar-refractivity contribution in [2.24, 2.45) is 0 Å². The van der Waals surface area contributed by atoms with Crippen molar-refractivity contribution in [3.63, 3.8) is 0 Å². The molecule has 90 valence electrons. The van der Waals surface area contributed by atoms with Crippen LogP contribution in [0.1, 0.15) is 31.9 Å². The Hall–Kier alpha value is -1.02. The predicted molar refractivity (Wildman–Crippen MR) is 67.0 cm³/mol. The van der Waals surface area contributed by atoms with Gasteiger partial charge in [-0.15, -0.1) is 11.6 Å². The van der Waals surface area contributed by atoms with Crippen molar-refractivity contribution in [3.05, 3.63) is 35.8 Å². The number of hydrogen-bond acceptors (Lipinski definition) is 1. The maximum atomic E-state index is 13.6. The van der Waals surface area contributed by atoms with Gasteiger partial charge in [0.15, 0.2) is 11.4 Å². The molecule has 0 bridgehead atoms. The number of hydrogen-bond donors (Lipinski definition) is 0. The number of alkyl halides is 1. The zero-order valence-electron chi connectivity index (χ0n) is 9.67. The summed E-state index contributed by atoms with van der Waals surface area (Å²) in [6.07, 6.45) is 2.90. The first-order valence-electron chi connectivity index (χ1n) is 5.91. The van der Waals surface area contributed by atoms with E-state index in [1.54, 1.807) is 6.07 Å². The minimum Gasteiger partial charge on any atom is -0.457 e. The van der Waals surface area contributed by atoms with Gasteiger partial charge in [-0.3, -0.25) is 0 Å². The number of furan rings is 1. The van der Waals surface area contributed by atoms with Crippen molar-refractivity contribution in [1.82, 2.24) is 0 Å². The lowest BCUT2D eigenvalue weighted by Crippen LogP contribution is -2.16. The zero-order valence-corrected chi connectivity index (χ0v) is 10.4. The molecular weight excluding hydrogens is 239 g/mol. The smallest absolute Gasteiger partial charge is 0.169 e. The van der Waals surface area contributed by atoms with E-state index in [2.05, 4.69) is 6.92 Å². The molecular formula is C14H14ClFO. The van der Waals surface area contributed by atoms with Gasteiger partial charge < -0.3 is 4.42 Å². The number of rotatable bonds is 1. The fourth-order valence-corrected chi connectivity index (χ4v) is 3.17. The highest BCUT2D eigenvalue weighted by atomic mass is 35.5. The lowest BCUT2D eigenvalue weighted by Gasteiger charge is -2.20. The molecule has 2 aromatic rings. The summed E-state index contributed by atoms with van der Waals surface area (Å²) in [5, 5.41) is 1.04. The van der Waals surface area contributed by atoms with Crippen LogP contribution in [0.4, 0.5) is 4.39 Å². The van der Waals surface area contributed by atoms with Gasteiger partial charge in [0.2, 0.25) is 0 Å². The fourth-order valence-electron chi connectivity index (χ4n) is 2.72. The van der Waals surface area contributed by atoms with E-state index in [1.807, 2.05) is 12.1 Å². The van der Waals surface area contributed by atoms with E-state index in [9.17, 15) is 4.39 Å². The van der Waals surface area contributed by atoms with Crippen molar-refractivity contribution in [2.75, 3.05) is 0 Å². The second-order valence-corrected chi connectivity index (χ2v) is 5.79. The van der Waals surface area contributed by atoms with E-state index in [4.69, 9.17) is 16.0 Å². The quantitative estimate of drug-likeness (QED) is 0.675. The number of fused-ring (bicyclic) bond motifs is 1. The van der Waals surface area contributed by atoms with Gasteiger partial charge in [-0.2, -0.15) is 0 Å². The second-order valence-electron chi connectivity index (χ2n) is 5.17. The molecule has 17 heavy (non-hydrogen) atoms. The third-order valence-corrected chi connectivity index (χ3v) is 4.14. The lowest BCUT2D eigenvalue weighted by molar-refractivity contribution is 0.377. The molecule has 1 aromatic carbocycles.